The molecule has 0 spiro atoms. The first-order chi connectivity index (χ1) is 8.07. The van der Waals surface area contributed by atoms with Gasteiger partial charge in [-0.25, -0.2) is 0 Å². The Morgan fingerprint density at radius 3 is 1.00 bits per heavy atom. The van der Waals surface area contributed by atoms with Gasteiger partial charge in [0, 0.05) is 0 Å². The van der Waals surface area contributed by atoms with Gasteiger partial charge in [-0.1, -0.05) is 0 Å². The van der Waals surface area contributed by atoms with Gasteiger partial charge in [0.15, 0.2) is 0 Å². The van der Waals surface area contributed by atoms with Gasteiger partial charge in [0.1, 0.15) is 0 Å². The van der Waals surface area contributed by atoms with Gasteiger partial charge in [0.05, 0.1) is 63.7 Å². The van der Waals surface area contributed by atoms with E-state index in [4.69, 9.17) is 35.4 Å². The molecule has 7 nitrogen and oxygen atoms in total. The number of aliphatic hydroxyl groups excluding tert-OH is 6. The SMILES string of the molecule is OCC(CO)(CO)COCC(CO)(CO)CO.[Ca+2].[H-].[H-]. The van der Waals surface area contributed by atoms with Crippen LogP contribution in [-0.4, -0.2) is 121 Å². The summed E-state index contributed by atoms with van der Waals surface area (Å²) < 4.78 is 5.15. The molecule has 0 saturated carbocycles. The van der Waals surface area contributed by atoms with Crippen LogP contribution in [0.2, 0.25) is 0 Å². The molecule has 0 bridgehead atoms. The largest absolute Gasteiger partial charge is 2.00 e. The molecule has 0 aliphatic heterocycles. The molecular formula is C10H24CaO7. The van der Waals surface area contributed by atoms with Crippen LogP contribution in [0.15, 0.2) is 0 Å². The summed E-state index contributed by atoms with van der Waals surface area (Å²) in [5.74, 6) is 0. The maximum Gasteiger partial charge on any atom is 2.00 e. The predicted octanol–water partition coefficient (Wildman–Crippen LogP) is -3.23. The van der Waals surface area contributed by atoms with Crippen LogP contribution in [0.25, 0.3) is 0 Å². The molecule has 0 saturated heterocycles. The molecule has 0 fully saturated rings. The summed E-state index contributed by atoms with van der Waals surface area (Å²) >= 11 is 0. The first kappa shape index (κ1) is 21.3. The normalized spacial score (nSPS) is 12.3. The van der Waals surface area contributed by atoms with Crippen LogP contribution in [0.5, 0.6) is 0 Å². The third-order valence-electron chi connectivity index (χ3n) is 2.83. The summed E-state index contributed by atoms with van der Waals surface area (Å²) in [7, 11) is 0. The second-order valence-electron chi connectivity index (χ2n) is 4.44. The quantitative estimate of drug-likeness (QED) is 0.234. The van der Waals surface area contributed by atoms with Crippen LogP contribution < -0.4 is 0 Å². The summed E-state index contributed by atoms with van der Waals surface area (Å²) in [6.45, 7) is -3.01. The second-order valence-corrected chi connectivity index (χ2v) is 4.44. The van der Waals surface area contributed by atoms with E-state index < -0.39 is 50.5 Å². The van der Waals surface area contributed by atoms with Crippen molar-refractivity contribution in [3.05, 3.63) is 0 Å². The van der Waals surface area contributed by atoms with Crippen molar-refractivity contribution in [1.82, 2.24) is 0 Å². The zero-order valence-corrected chi connectivity index (χ0v) is 12.7. The van der Waals surface area contributed by atoms with Crippen molar-refractivity contribution in [2.45, 2.75) is 0 Å². The zero-order valence-electron chi connectivity index (χ0n) is 12.5. The van der Waals surface area contributed by atoms with Crippen molar-refractivity contribution in [2.75, 3.05) is 52.9 Å². The van der Waals surface area contributed by atoms with Gasteiger partial charge < -0.3 is 38.2 Å². The fourth-order valence-electron chi connectivity index (χ4n) is 1.06. The summed E-state index contributed by atoms with van der Waals surface area (Å²) in [4.78, 5) is 0. The van der Waals surface area contributed by atoms with Gasteiger partial charge in [-0.2, -0.15) is 0 Å². The van der Waals surface area contributed by atoms with Gasteiger partial charge >= 0.3 is 37.7 Å². The molecule has 0 atom stereocenters. The van der Waals surface area contributed by atoms with Gasteiger partial charge in [-0.3, -0.25) is 0 Å². The molecular weight excluding hydrogens is 272 g/mol. The molecule has 0 aromatic carbocycles. The van der Waals surface area contributed by atoms with E-state index in [9.17, 15) is 0 Å². The average Bonchev–Trinajstić information content (AvgIpc) is 2.41. The average molecular weight is 296 g/mol. The fourth-order valence-corrected chi connectivity index (χ4v) is 1.06. The number of hydrogen-bond donors (Lipinski definition) is 6. The van der Waals surface area contributed by atoms with Crippen molar-refractivity contribution in [2.24, 2.45) is 10.8 Å². The van der Waals surface area contributed by atoms with Crippen molar-refractivity contribution < 1.29 is 38.2 Å². The molecule has 0 heterocycles. The van der Waals surface area contributed by atoms with Gasteiger partial charge in [0.2, 0.25) is 0 Å². The van der Waals surface area contributed by atoms with E-state index in [2.05, 4.69) is 0 Å². The molecule has 18 heavy (non-hydrogen) atoms. The minimum absolute atomic E-state index is 0. The standard InChI is InChI=1S/C10H22O7.Ca.2H/c11-1-9(2-12,3-13)7-17-8-10(4-14,5-15)6-16;;;/h11-16H,1-8H2;;;/q;+2;2*-1. The summed E-state index contributed by atoms with van der Waals surface area (Å²) in [6.07, 6.45) is 0. The van der Waals surface area contributed by atoms with E-state index in [0.717, 1.165) is 0 Å². The van der Waals surface area contributed by atoms with Crippen LogP contribution in [0, 0.1) is 10.8 Å². The van der Waals surface area contributed by atoms with E-state index in [0.29, 0.717) is 0 Å². The molecule has 8 heteroatoms. The van der Waals surface area contributed by atoms with Crippen LogP contribution in [0.3, 0.4) is 0 Å². The Labute approximate surface area is 139 Å². The molecule has 0 rings (SSSR count). The van der Waals surface area contributed by atoms with Crippen molar-refractivity contribution in [3.8, 4) is 0 Å². The van der Waals surface area contributed by atoms with Gasteiger partial charge in [-0.05, 0) is 0 Å². The van der Waals surface area contributed by atoms with Crippen LogP contribution in [0.4, 0.5) is 0 Å². The summed E-state index contributed by atoms with van der Waals surface area (Å²) in [5, 5.41) is 54.2. The van der Waals surface area contributed by atoms with Crippen LogP contribution >= 0.6 is 0 Å². The molecule has 108 valence electrons. The number of rotatable bonds is 10. The van der Waals surface area contributed by atoms with E-state index >= 15 is 0 Å². The Morgan fingerprint density at radius 2 is 0.833 bits per heavy atom. The van der Waals surface area contributed by atoms with Gasteiger partial charge in [0.25, 0.3) is 0 Å². The Hall–Kier alpha value is 0.980. The first-order valence-corrected chi connectivity index (χ1v) is 5.30. The maximum atomic E-state index is 9.03. The third kappa shape index (κ3) is 5.96. The summed E-state index contributed by atoms with van der Waals surface area (Å²) in [6, 6.07) is 0. The Bertz CT molecular complexity index is 168. The van der Waals surface area contributed by atoms with E-state index in [1.807, 2.05) is 0 Å². The van der Waals surface area contributed by atoms with E-state index in [-0.39, 0.29) is 53.8 Å². The van der Waals surface area contributed by atoms with Crippen molar-refractivity contribution >= 4 is 37.7 Å². The topological polar surface area (TPSA) is 131 Å². The molecule has 6 N–H and O–H groups in total. The fraction of sp³-hybridized carbons (Fsp3) is 1.00. The Morgan fingerprint density at radius 1 is 0.611 bits per heavy atom. The summed E-state index contributed by atoms with van der Waals surface area (Å²) in [5.41, 5.74) is -2.32. The van der Waals surface area contributed by atoms with Crippen molar-refractivity contribution in [3.63, 3.8) is 0 Å². The molecule has 0 aromatic rings. The maximum absolute atomic E-state index is 9.03. The molecule has 0 radical (unpaired) electrons. The molecule has 0 aliphatic carbocycles. The Kier molecular flexibility index (Phi) is 12.7. The van der Waals surface area contributed by atoms with Crippen molar-refractivity contribution in [1.29, 1.82) is 0 Å². The zero-order chi connectivity index (χ0) is 13.4. The Balaban J connectivity index is -0.000000427. The number of ether oxygens (including phenoxy) is 1. The smallest absolute Gasteiger partial charge is 1.00 e. The second kappa shape index (κ2) is 10.7. The minimum Gasteiger partial charge on any atom is -1.00 e. The minimum atomic E-state index is -1.16. The predicted molar refractivity (Wildman–Crippen MR) is 66.2 cm³/mol. The molecule has 0 unspecified atom stereocenters. The number of hydrogen-bond acceptors (Lipinski definition) is 7. The number of aliphatic hydroxyl groups is 6. The third-order valence-corrected chi connectivity index (χ3v) is 2.83. The van der Waals surface area contributed by atoms with E-state index in [1.54, 1.807) is 0 Å². The first-order valence-electron chi connectivity index (χ1n) is 5.30. The van der Waals surface area contributed by atoms with E-state index in [1.165, 1.54) is 0 Å². The van der Waals surface area contributed by atoms with Gasteiger partial charge in [-0.15, -0.1) is 0 Å². The molecule has 0 aliphatic rings. The molecule has 0 aromatic heterocycles. The molecule has 0 amide bonds. The van der Waals surface area contributed by atoms with Crippen LogP contribution in [-0.2, 0) is 4.74 Å². The van der Waals surface area contributed by atoms with Crippen LogP contribution in [0.1, 0.15) is 2.85 Å². The monoisotopic (exact) mass is 296 g/mol.